The molecule has 1 fully saturated rings. The first kappa shape index (κ1) is 9.99. The number of benzene rings is 1. The number of rotatable bonds is 3. The smallest absolute Gasteiger partial charge is 0.124 e. The van der Waals surface area contributed by atoms with Crippen molar-refractivity contribution in [3.63, 3.8) is 0 Å². The molecule has 0 spiro atoms. The van der Waals surface area contributed by atoms with Crippen LogP contribution in [0.3, 0.4) is 0 Å². The summed E-state index contributed by atoms with van der Waals surface area (Å²) in [4.78, 5) is 0. The molecule has 1 aliphatic carbocycles. The van der Waals surface area contributed by atoms with Gasteiger partial charge < -0.3 is 10.5 Å². The lowest BCUT2D eigenvalue weighted by Crippen LogP contribution is -2.08. The Labute approximate surface area is 92.6 Å². The minimum absolute atomic E-state index is 0.0150. The van der Waals surface area contributed by atoms with E-state index in [0.29, 0.717) is 6.10 Å². The molecule has 1 atom stereocenters. The molecule has 76 valence electrons. The van der Waals surface area contributed by atoms with Crippen molar-refractivity contribution in [1.82, 2.24) is 0 Å². The highest BCUT2D eigenvalue weighted by atomic mass is 79.9. The standard InChI is InChI=1S/C11H14BrNO/c1-7(13)10-6-8(12)2-5-11(10)14-9-3-4-9/h2,5-7,9H,3-4,13H2,1H3/t7-/m0/s1. The largest absolute Gasteiger partial charge is 0.490 e. The van der Waals surface area contributed by atoms with E-state index in [4.69, 9.17) is 10.5 Å². The van der Waals surface area contributed by atoms with Crippen LogP contribution in [0.2, 0.25) is 0 Å². The van der Waals surface area contributed by atoms with E-state index < -0.39 is 0 Å². The monoisotopic (exact) mass is 255 g/mol. The molecular weight excluding hydrogens is 242 g/mol. The molecule has 1 aromatic rings. The maximum atomic E-state index is 5.88. The minimum Gasteiger partial charge on any atom is -0.490 e. The lowest BCUT2D eigenvalue weighted by atomic mass is 10.1. The number of ether oxygens (including phenoxy) is 1. The third kappa shape index (κ3) is 2.28. The summed E-state index contributed by atoms with van der Waals surface area (Å²) in [5, 5.41) is 0. The van der Waals surface area contributed by atoms with E-state index in [1.165, 1.54) is 12.8 Å². The Morgan fingerprint density at radius 1 is 1.50 bits per heavy atom. The molecule has 2 nitrogen and oxygen atoms in total. The molecule has 2 N–H and O–H groups in total. The molecule has 0 heterocycles. The first-order valence-corrected chi connectivity index (χ1v) is 5.68. The van der Waals surface area contributed by atoms with Crippen molar-refractivity contribution in [3.8, 4) is 5.75 Å². The average Bonchev–Trinajstić information content (AvgIpc) is 2.91. The predicted octanol–water partition coefficient (Wildman–Crippen LogP) is 3.01. The fourth-order valence-corrected chi connectivity index (χ4v) is 1.73. The van der Waals surface area contributed by atoms with Crippen molar-refractivity contribution in [1.29, 1.82) is 0 Å². The van der Waals surface area contributed by atoms with E-state index in [9.17, 15) is 0 Å². The molecular formula is C11H14BrNO. The van der Waals surface area contributed by atoms with Crippen LogP contribution in [0.4, 0.5) is 0 Å². The van der Waals surface area contributed by atoms with Crippen LogP contribution < -0.4 is 10.5 Å². The third-order valence-corrected chi connectivity index (χ3v) is 2.77. The Hall–Kier alpha value is -0.540. The normalized spacial score (nSPS) is 17.9. The van der Waals surface area contributed by atoms with Gasteiger partial charge in [0.25, 0.3) is 0 Å². The van der Waals surface area contributed by atoms with Crippen LogP contribution in [0.15, 0.2) is 22.7 Å². The molecule has 2 rings (SSSR count). The predicted molar refractivity (Wildman–Crippen MR) is 60.4 cm³/mol. The second kappa shape index (κ2) is 3.91. The van der Waals surface area contributed by atoms with Gasteiger partial charge in [-0.1, -0.05) is 15.9 Å². The molecule has 0 amide bonds. The van der Waals surface area contributed by atoms with Crippen LogP contribution in [-0.2, 0) is 0 Å². The Bertz CT molecular complexity index is 334. The van der Waals surface area contributed by atoms with Gasteiger partial charge in [-0.25, -0.2) is 0 Å². The maximum absolute atomic E-state index is 5.88. The van der Waals surface area contributed by atoms with Gasteiger partial charge in [0.1, 0.15) is 5.75 Å². The fraction of sp³-hybridized carbons (Fsp3) is 0.455. The van der Waals surface area contributed by atoms with Gasteiger partial charge in [0.05, 0.1) is 6.10 Å². The van der Waals surface area contributed by atoms with Gasteiger partial charge >= 0.3 is 0 Å². The van der Waals surface area contributed by atoms with Crippen molar-refractivity contribution >= 4 is 15.9 Å². The lowest BCUT2D eigenvalue weighted by molar-refractivity contribution is 0.298. The van der Waals surface area contributed by atoms with Crippen LogP contribution in [0.25, 0.3) is 0 Å². The average molecular weight is 256 g/mol. The summed E-state index contributed by atoms with van der Waals surface area (Å²) in [5.74, 6) is 0.936. The van der Waals surface area contributed by atoms with E-state index in [0.717, 1.165) is 15.8 Å². The maximum Gasteiger partial charge on any atom is 0.124 e. The summed E-state index contributed by atoms with van der Waals surface area (Å²) in [5.41, 5.74) is 6.95. The second-order valence-corrected chi connectivity index (χ2v) is 4.70. The summed E-state index contributed by atoms with van der Waals surface area (Å²) in [6, 6.07) is 6.02. The summed E-state index contributed by atoms with van der Waals surface area (Å²) >= 11 is 3.44. The van der Waals surface area contributed by atoms with E-state index >= 15 is 0 Å². The van der Waals surface area contributed by atoms with Crippen LogP contribution in [0.1, 0.15) is 31.4 Å². The van der Waals surface area contributed by atoms with Crippen molar-refractivity contribution in [2.75, 3.05) is 0 Å². The summed E-state index contributed by atoms with van der Waals surface area (Å²) in [6.45, 7) is 1.97. The molecule has 0 bridgehead atoms. The van der Waals surface area contributed by atoms with Crippen LogP contribution in [0.5, 0.6) is 5.75 Å². The van der Waals surface area contributed by atoms with Crippen LogP contribution in [0, 0.1) is 0 Å². The number of nitrogens with two attached hydrogens (primary N) is 1. The van der Waals surface area contributed by atoms with Crippen LogP contribution in [-0.4, -0.2) is 6.10 Å². The van der Waals surface area contributed by atoms with Gasteiger partial charge in [-0.15, -0.1) is 0 Å². The Balaban J connectivity index is 2.26. The molecule has 1 aliphatic rings. The Morgan fingerprint density at radius 2 is 2.21 bits per heavy atom. The van der Waals surface area contributed by atoms with Gasteiger partial charge in [-0.2, -0.15) is 0 Å². The zero-order chi connectivity index (χ0) is 10.1. The summed E-state index contributed by atoms with van der Waals surface area (Å²) in [6.07, 6.45) is 2.77. The fourth-order valence-electron chi connectivity index (χ4n) is 1.35. The molecule has 1 aromatic carbocycles. The van der Waals surface area contributed by atoms with E-state index in [1.54, 1.807) is 0 Å². The molecule has 0 saturated heterocycles. The molecule has 14 heavy (non-hydrogen) atoms. The van der Waals surface area contributed by atoms with Gasteiger partial charge in [0.15, 0.2) is 0 Å². The van der Waals surface area contributed by atoms with Crippen LogP contribution >= 0.6 is 15.9 Å². The first-order chi connectivity index (χ1) is 6.66. The highest BCUT2D eigenvalue weighted by molar-refractivity contribution is 9.10. The second-order valence-electron chi connectivity index (χ2n) is 3.79. The van der Waals surface area contributed by atoms with Gasteiger partial charge in [0.2, 0.25) is 0 Å². The third-order valence-electron chi connectivity index (χ3n) is 2.28. The zero-order valence-electron chi connectivity index (χ0n) is 8.16. The van der Waals surface area contributed by atoms with Gasteiger partial charge in [-0.05, 0) is 38.0 Å². The van der Waals surface area contributed by atoms with Gasteiger partial charge in [-0.3, -0.25) is 0 Å². The van der Waals surface area contributed by atoms with E-state index in [-0.39, 0.29) is 6.04 Å². The molecule has 1 saturated carbocycles. The number of halogens is 1. The Kier molecular flexibility index (Phi) is 2.79. The number of hydrogen-bond acceptors (Lipinski definition) is 2. The first-order valence-electron chi connectivity index (χ1n) is 4.88. The zero-order valence-corrected chi connectivity index (χ0v) is 9.75. The van der Waals surface area contributed by atoms with Gasteiger partial charge in [0, 0.05) is 16.1 Å². The summed E-state index contributed by atoms with van der Waals surface area (Å²) < 4.78 is 6.82. The van der Waals surface area contributed by atoms with Crippen molar-refractivity contribution in [2.45, 2.75) is 31.9 Å². The van der Waals surface area contributed by atoms with E-state index in [1.807, 2.05) is 25.1 Å². The molecule has 0 aromatic heterocycles. The lowest BCUT2D eigenvalue weighted by Gasteiger charge is -2.13. The quantitative estimate of drug-likeness (QED) is 0.902. The number of hydrogen-bond donors (Lipinski definition) is 1. The highest BCUT2D eigenvalue weighted by Gasteiger charge is 2.24. The highest BCUT2D eigenvalue weighted by Crippen LogP contribution is 2.32. The summed E-state index contributed by atoms with van der Waals surface area (Å²) in [7, 11) is 0. The molecule has 0 unspecified atom stereocenters. The molecule has 0 aliphatic heterocycles. The SMILES string of the molecule is C[C@H](N)c1cc(Br)ccc1OC1CC1. The molecule has 3 heteroatoms. The van der Waals surface area contributed by atoms with Crippen molar-refractivity contribution in [3.05, 3.63) is 28.2 Å². The Morgan fingerprint density at radius 3 is 2.79 bits per heavy atom. The minimum atomic E-state index is 0.0150. The topological polar surface area (TPSA) is 35.2 Å². The van der Waals surface area contributed by atoms with Crippen molar-refractivity contribution < 1.29 is 4.74 Å². The van der Waals surface area contributed by atoms with Crippen molar-refractivity contribution in [2.24, 2.45) is 5.73 Å². The van der Waals surface area contributed by atoms with E-state index in [2.05, 4.69) is 15.9 Å². The molecule has 0 radical (unpaired) electrons.